The second kappa shape index (κ2) is 4.90. The highest BCUT2D eigenvalue weighted by Crippen LogP contribution is 2.36. The van der Waals surface area contributed by atoms with E-state index in [2.05, 4.69) is 46.9 Å². The van der Waals surface area contributed by atoms with Gasteiger partial charge in [0.05, 0.1) is 12.6 Å². The minimum absolute atomic E-state index is 0.118. The first-order valence-corrected chi connectivity index (χ1v) is 7.09. The monoisotopic (exact) mass is 351 g/mol. The Morgan fingerprint density at radius 2 is 1.94 bits per heavy atom. The predicted molar refractivity (Wildman–Crippen MR) is 80.8 cm³/mol. The molecule has 0 saturated heterocycles. The molecule has 1 unspecified atom stereocenters. The molecule has 2 aromatic carbocycles. The highest BCUT2D eigenvalue weighted by Gasteiger charge is 2.21. The van der Waals surface area contributed by atoms with Crippen molar-refractivity contribution < 1.29 is 4.74 Å². The molecule has 1 aliphatic heterocycles. The van der Waals surface area contributed by atoms with E-state index >= 15 is 0 Å². The highest BCUT2D eigenvalue weighted by molar-refractivity contribution is 14.1. The topological polar surface area (TPSA) is 35.2 Å². The summed E-state index contributed by atoms with van der Waals surface area (Å²) in [6.45, 7) is 0.768. The number of rotatable bonds is 2. The standard InChI is InChI=1S/C15H14INO/c16-12-8-11-6-7-18-15(11)13(9-12)14(17)10-4-2-1-3-5-10/h1-5,8-9,14H,6-7,17H2. The summed E-state index contributed by atoms with van der Waals surface area (Å²) in [5, 5.41) is 0. The number of nitrogens with two attached hydrogens (primary N) is 1. The molecule has 2 nitrogen and oxygen atoms in total. The average molecular weight is 351 g/mol. The first-order valence-electron chi connectivity index (χ1n) is 6.01. The molecule has 0 radical (unpaired) electrons. The van der Waals surface area contributed by atoms with Crippen LogP contribution in [-0.4, -0.2) is 6.61 Å². The van der Waals surface area contributed by atoms with Crippen molar-refractivity contribution in [3.8, 4) is 5.75 Å². The third-order valence-electron chi connectivity index (χ3n) is 3.27. The van der Waals surface area contributed by atoms with Gasteiger partial charge in [0.25, 0.3) is 0 Å². The van der Waals surface area contributed by atoms with E-state index in [1.807, 2.05) is 18.2 Å². The third-order valence-corrected chi connectivity index (χ3v) is 3.89. The number of halogens is 1. The van der Waals surface area contributed by atoms with Crippen molar-refractivity contribution in [2.24, 2.45) is 5.73 Å². The lowest BCUT2D eigenvalue weighted by Gasteiger charge is -2.16. The van der Waals surface area contributed by atoms with Crippen LogP contribution in [0.2, 0.25) is 0 Å². The van der Waals surface area contributed by atoms with Gasteiger partial charge in [0.1, 0.15) is 5.75 Å². The Hall–Kier alpha value is -1.07. The van der Waals surface area contributed by atoms with Crippen molar-refractivity contribution in [3.63, 3.8) is 0 Å². The smallest absolute Gasteiger partial charge is 0.127 e. The maximum Gasteiger partial charge on any atom is 0.127 e. The number of benzene rings is 2. The fraction of sp³-hybridized carbons (Fsp3) is 0.200. The Bertz CT molecular complexity index is 568. The third kappa shape index (κ3) is 2.12. The summed E-state index contributed by atoms with van der Waals surface area (Å²) in [5.74, 6) is 0.992. The van der Waals surface area contributed by atoms with Crippen molar-refractivity contribution in [1.82, 2.24) is 0 Å². The number of ether oxygens (including phenoxy) is 1. The van der Waals surface area contributed by atoms with E-state index in [0.29, 0.717) is 0 Å². The molecule has 0 amide bonds. The number of hydrogen-bond acceptors (Lipinski definition) is 2. The summed E-state index contributed by atoms with van der Waals surface area (Å²) in [4.78, 5) is 0. The van der Waals surface area contributed by atoms with Crippen LogP contribution in [0.1, 0.15) is 22.7 Å². The molecule has 2 N–H and O–H groups in total. The van der Waals surface area contributed by atoms with Crippen molar-refractivity contribution >= 4 is 22.6 Å². The second-order valence-corrected chi connectivity index (χ2v) is 5.72. The van der Waals surface area contributed by atoms with Gasteiger partial charge in [-0.3, -0.25) is 0 Å². The second-order valence-electron chi connectivity index (χ2n) is 4.47. The zero-order valence-corrected chi connectivity index (χ0v) is 12.1. The zero-order chi connectivity index (χ0) is 12.5. The summed E-state index contributed by atoms with van der Waals surface area (Å²) >= 11 is 2.34. The largest absolute Gasteiger partial charge is 0.493 e. The Morgan fingerprint density at radius 1 is 1.17 bits per heavy atom. The summed E-state index contributed by atoms with van der Waals surface area (Å²) in [7, 11) is 0. The summed E-state index contributed by atoms with van der Waals surface area (Å²) in [6, 6.07) is 14.4. The van der Waals surface area contributed by atoms with Crippen LogP contribution in [0.4, 0.5) is 0 Å². The molecule has 92 valence electrons. The molecule has 0 aromatic heterocycles. The maximum absolute atomic E-state index is 6.37. The van der Waals surface area contributed by atoms with Crippen LogP contribution in [0.3, 0.4) is 0 Å². The van der Waals surface area contributed by atoms with Gasteiger partial charge in [-0.2, -0.15) is 0 Å². The molecular weight excluding hydrogens is 337 g/mol. The van der Waals surface area contributed by atoms with E-state index in [1.54, 1.807) is 0 Å². The van der Waals surface area contributed by atoms with Crippen LogP contribution in [0.25, 0.3) is 0 Å². The molecule has 0 aliphatic carbocycles. The fourth-order valence-corrected chi connectivity index (χ4v) is 3.08. The van der Waals surface area contributed by atoms with E-state index < -0.39 is 0 Å². The number of fused-ring (bicyclic) bond motifs is 1. The van der Waals surface area contributed by atoms with Gasteiger partial charge in [-0.15, -0.1) is 0 Å². The quantitative estimate of drug-likeness (QED) is 0.843. The Kier molecular flexibility index (Phi) is 3.26. The van der Waals surface area contributed by atoms with Crippen LogP contribution in [0.15, 0.2) is 42.5 Å². The van der Waals surface area contributed by atoms with Gasteiger partial charge < -0.3 is 10.5 Å². The van der Waals surface area contributed by atoms with Gasteiger partial charge in [-0.1, -0.05) is 30.3 Å². The molecule has 0 fully saturated rings. The summed E-state index contributed by atoms with van der Waals surface area (Å²) in [5.41, 5.74) is 9.88. The molecule has 3 rings (SSSR count). The van der Waals surface area contributed by atoms with E-state index in [9.17, 15) is 0 Å². The van der Waals surface area contributed by atoms with E-state index in [1.165, 1.54) is 9.13 Å². The van der Waals surface area contributed by atoms with Gasteiger partial charge in [-0.25, -0.2) is 0 Å². The molecule has 0 saturated carbocycles. The lowest BCUT2D eigenvalue weighted by Crippen LogP contribution is -2.13. The Morgan fingerprint density at radius 3 is 2.72 bits per heavy atom. The average Bonchev–Trinajstić information content (AvgIpc) is 2.86. The Balaban J connectivity index is 2.07. The van der Waals surface area contributed by atoms with E-state index in [4.69, 9.17) is 10.5 Å². The van der Waals surface area contributed by atoms with E-state index in [-0.39, 0.29) is 6.04 Å². The molecule has 3 heteroatoms. The molecule has 0 bridgehead atoms. The zero-order valence-electron chi connectivity index (χ0n) is 9.90. The van der Waals surface area contributed by atoms with Crippen molar-refractivity contribution in [1.29, 1.82) is 0 Å². The van der Waals surface area contributed by atoms with Crippen molar-refractivity contribution in [2.45, 2.75) is 12.5 Å². The SMILES string of the molecule is NC(c1ccccc1)c1cc(I)cc2c1OCC2. The van der Waals surface area contributed by atoms with Gasteiger partial charge in [0, 0.05) is 15.6 Å². The lowest BCUT2D eigenvalue weighted by molar-refractivity contribution is 0.352. The van der Waals surface area contributed by atoms with Gasteiger partial charge >= 0.3 is 0 Å². The first-order chi connectivity index (χ1) is 8.75. The first kappa shape index (κ1) is 12.0. The highest BCUT2D eigenvalue weighted by atomic mass is 127. The minimum Gasteiger partial charge on any atom is -0.493 e. The van der Waals surface area contributed by atoms with Crippen LogP contribution in [0, 0.1) is 3.57 Å². The molecule has 0 spiro atoms. The predicted octanol–water partition coefficient (Wildman–Crippen LogP) is 3.27. The lowest BCUT2D eigenvalue weighted by atomic mass is 9.97. The van der Waals surface area contributed by atoms with Crippen LogP contribution in [-0.2, 0) is 6.42 Å². The molecule has 18 heavy (non-hydrogen) atoms. The fourth-order valence-electron chi connectivity index (χ4n) is 2.37. The maximum atomic E-state index is 6.37. The van der Waals surface area contributed by atoms with Gasteiger partial charge in [0.2, 0.25) is 0 Å². The van der Waals surface area contributed by atoms with E-state index in [0.717, 1.165) is 29.9 Å². The summed E-state index contributed by atoms with van der Waals surface area (Å²) < 4.78 is 6.96. The van der Waals surface area contributed by atoms with Crippen LogP contribution >= 0.6 is 22.6 Å². The molecule has 1 atom stereocenters. The molecule has 2 aromatic rings. The van der Waals surface area contributed by atoms with Gasteiger partial charge in [-0.05, 0) is 45.9 Å². The molecular formula is C15H14INO. The number of hydrogen-bond donors (Lipinski definition) is 1. The van der Waals surface area contributed by atoms with Gasteiger partial charge in [0.15, 0.2) is 0 Å². The van der Waals surface area contributed by atoms with Crippen molar-refractivity contribution in [2.75, 3.05) is 6.61 Å². The summed E-state index contributed by atoms with van der Waals surface area (Å²) in [6.07, 6.45) is 0.987. The van der Waals surface area contributed by atoms with Crippen LogP contribution in [0.5, 0.6) is 5.75 Å². The minimum atomic E-state index is -0.118. The normalized spacial score (nSPS) is 15.0. The van der Waals surface area contributed by atoms with Crippen LogP contribution < -0.4 is 10.5 Å². The van der Waals surface area contributed by atoms with Crippen molar-refractivity contribution in [3.05, 3.63) is 62.7 Å². The Labute approximate surface area is 120 Å². The molecule has 1 heterocycles. The molecule has 1 aliphatic rings.